The lowest BCUT2D eigenvalue weighted by molar-refractivity contribution is -0.137. The van der Waals surface area contributed by atoms with Crippen molar-refractivity contribution in [2.75, 3.05) is 6.54 Å². The Kier molecular flexibility index (Phi) is 3.62. The lowest BCUT2D eigenvalue weighted by Gasteiger charge is -2.12. The van der Waals surface area contributed by atoms with Crippen LogP contribution < -0.4 is 5.73 Å². The number of hydrogen-bond acceptors (Lipinski definition) is 3. The Hall–Kier alpha value is -1.62. The number of carboxylic acid groups (broad SMARTS) is 1. The maximum atomic E-state index is 12.7. The topological polar surface area (TPSA) is 83.6 Å². The van der Waals surface area contributed by atoms with Gasteiger partial charge in [-0.25, -0.2) is 4.39 Å². The van der Waals surface area contributed by atoms with Crippen LogP contribution >= 0.6 is 0 Å². The summed E-state index contributed by atoms with van der Waals surface area (Å²) < 4.78 is 12.7. The molecular weight excluding hydrogens is 201 g/mol. The van der Waals surface area contributed by atoms with E-state index in [1.54, 1.807) is 0 Å². The standard InChI is InChI=1S/C10H12FNO3/c11-8-2-1-6(3-9(8)13)7(5-12)4-10(14)15/h1-3,7,13H,4-5,12H2,(H,14,15). The number of aromatic hydroxyl groups is 1. The molecule has 82 valence electrons. The maximum absolute atomic E-state index is 12.7. The summed E-state index contributed by atoms with van der Waals surface area (Å²) in [6, 6.07) is 3.72. The van der Waals surface area contributed by atoms with Crippen LogP contribution in [0.4, 0.5) is 4.39 Å². The molecule has 1 aromatic carbocycles. The predicted molar refractivity (Wildman–Crippen MR) is 52.1 cm³/mol. The monoisotopic (exact) mass is 213 g/mol. The molecule has 0 aliphatic rings. The first-order chi connectivity index (χ1) is 7.04. The van der Waals surface area contributed by atoms with Gasteiger partial charge in [0.15, 0.2) is 11.6 Å². The fourth-order valence-corrected chi connectivity index (χ4v) is 1.33. The number of phenolic OH excluding ortho intramolecular Hbond substituents is 1. The fraction of sp³-hybridized carbons (Fsp3) is 0.300. The van der Waals surface area contributed by atoms with Crippen LogP contribution in [-0.4, -0.2) is 22.7 Å². The van der Waals surface area contributed by atoms with Crippen LogP contribution in [0.15, 0.2) is 18.2 Å². The number of halogens is 1. The Morgan fingerprint density at radius 1 is 1.53 bits per heavy atom. The molecular formula is C10H12FNO3. The highest BCUT2D eigenvalue weighted by atomic mass is 19.1. The summed E-state index contributed by atoms with van der Waals surface area (Å²) in [6.45, 7) is 0.136. The summed E-state index contributed by atoms with van der Waals surface area (Å²) in [6.07, 6.45) is -0.137. The summed E-state index contributed by atoms with van der Waals surface area (Å²) in [7, 11) is 0. The van der Waals surface area contributed by atoms with E-state index in [2.05, 4.69) is 0 Å². The molecule has 5 heteroatoms. The van der Waals surface area contributed by atoms with Gasteiger partial charge in [0.1, 0.15) is 0 Å². The molecule has 0 heterocycles. The molecule has 0 aliphatic carbocycles. The largest absolute Gasteiger partial charge is 0.505 e. The van der Waals surface area contributed by atoms with E-state index in [4.69, 9.17) is 15.9 Å². The van der Waals surface area contributed by atoms with Crippen LogP contribution in [0, 0.1) is 5.82 Å². The predicted octanol–water partition coefficient (Wildman–Crippen LogP) is 1.05. The van der Waals surface area contributed by atoms with Crippen LogP contribution in [0.3, 0.4) is 0 Å². The smallest absolute Gasteiger partial charge is 0.304 e. The van der Waals surface area contributed by atoms with Gasteiger partial charge in [-0.15, -0.1) is 0 Å². The van der Waals surface area contributed by atoms with Crippen LogP contribution in [0.1, 0.15) is 17.9 Å². The van der Waals surface area contributed by atoms with Gasteiger partial charge in [0.05, 0.1) is 6.42 Å². The molecule has 15 heavy (non-hydrogen) atoms. The second-order valence-corrected chi connectivity index (χ2v) is 3.24. The van der Waals surface area contributed by atoms with E-state index in [1.807, 2.05) is 0 Å². The average Bonchev–Trinajstić information content (AvgIpc) is 2.18. The molecule has 0 radical (unpaired) electrons. The second kappa shape index (κ2) is 4.75. The summed E-state index contributed by atoms with van der Waals surface area (Å²) in [5.74, 6) is -2.61. The number of nitrogens with two attached hydrogens (primary N) is 1. The van der Waals surface area contributed by atoms with Gasteiger partial charge in [0.2, 0.25) is 0 Å². The molecule has 4 nitrogen and oxygen atoms in total. The quantitative estimate of drug-likeness (QED) is 0.698. The summed E-state index contributed by atoms with van der Waals surface area (Å²) >= 11 is 0. The van der Waals surface area contributed by atoms with Crippen molar-refractivity contribution in [2.24, 2.45) is 5.73 Å². The fourth-order valence-electron chi connectivity index (χ4n) is 1.33. The summed E-state index contributed by atoms with van der Waals surface area (Å²) in [5.41, 5.74) is 5.93. The van der Waals surface area contributed by atoms with Gasteiger partial charge in [0, 0.05) is 5.92 Å². The molecule has 0 bridgehead atoms. The molecule has 0 fully saturated rings. The Morgan fingerprint density at radius 2 is 2.20 bits per heavy atom. The van der Waals surface area contributed by atoms with Crippen molar-refractivity contribution in [3.63, 3.8) is 0 Å². The van der Waals surface area contributed by atoms with Gasteiger partial charge in [-0.1, -0.05) is 6.07 Å². The molecule has 0 aliphatic heterocycles. The van der Waals surface area contributed by atoms with Gasteiger partial charge in [-0.2, -0.15) is 0 Å². The number of aliphatic carboxylic acids is 1. The third-order valence-corrected chi connectivity index (χ3v) is 2.15. The van der Waals surface area contributed by atoms with Gasteiger partial charge >= 0.3 is 5.97 Å². The second-order valence-electron chi connectivity index (χ2n) is 3.24. The first-order valence-corrected chi connectivity index (χ1v) is 4.45. The molecule has 0 amide bonds. The number of rotatable bonds is 4. The van der Waals surface area contributed by atoms with Crippen LogP contribution in [-0.2, 0) is 4.79 Å². The minimum absolute atomic E-state index is 0.136. The minimum atomic E-state index is -0.978. The van der Waals surface area contributed by atoms with Crippen molar-refractivity contribution in [2.45, 2.75) is 12.3 Å². The molecule has 0 saturated carbocycles. The highest BCUT2D eigenvalue weighted by Crippen LogP contribution is 2.24. The summed E-state index contributed by atoms with van der Waals surface area (Å²) in [5, 5.41) is 17.7. The SMILES string of the molecule is NCC(CC(=O)O)c1ccc(F)c(O)c1. The Bertz CT molecular complexity index is 368. The van der Waals surface area contributed by atoms with E-state index < -0.39 is 23.5 Å². The highest BCUT2D eigenvalue weighted by Gasteiger charge is 2.15. The number of hydrogen-bond donors (Lipinski definition) is 3. The van der Waals surface area contributed by atoms with Crippen molar-refractivity contribution < 1.29 is 19.4 Å². The number of phenols is 1. The van der Waals surface area contributed by atoms with Crippen molar-refractivity contribution >= 4 is 5.97 Å². The van der Waals surface area contributed by atoms with Gasteiger partial charge in [-0.05, 0) is 24.2 Å². The molecule has 4 N–H and O–H groups in total. The molecule has 1 atom stereocenters. The maximum Gasteiger partial charge on any atom is 0.304 e. The van der Waals surface area contributed by atoms with E-state index in [0.29, 0.717) is 5.56 Å². The van der Waals surface area contributed by atoms with Crippen molar-refractivity contribution in [1.29, 1.82) is 0 Å². The normalized spacial score (nSPS) is 12.4. The molecule has 0 spiro atoms. The lowest BCUT2D eigenvalue weighted by atomic mass is 9.96. The Morgan fingerprint density at radius 3 is 2.67 bits per heavy atom. The van der Waals surface area contributed by atoms with E-state index in [-0.39, 0.29) is 13.0 Å². The van der Waals surface area contributed by atoms with Crippen molar-refractivity contribution in [1.82, 2.24) is 0 Å². The van der Waals surface area contributed by atoms with Crippen molar-refractivity contribution in [3.05, 3.63) is 29.6 Å². The lowest BCUT2D eigenvalue weighted by Crippen LogP contribution is -2.16. The van der Waals surface area contributed by atoms with Crippen LogP contribution in [0.2, 0.25) is 0 Å². The minimum Gasteiger partial charge on any atom is -0.505 e. The number of benzene rings is 1. The van der Waals surface area contributed by atoms with E-state index in [0.717, 1.165) is 6.07 Å². The first kappa shape index (κ1) is 11.5. The van der Waals surface area contributed by atoms with Crippen LogP contribution in [0.5, 0.6) is 5.75 Å². The van der Waals surface area contributed by atoms with E-state index in [9.17, 15) is 9.18 Å². The number of carbonyl (C=O) groups is 1. The Labute approximate surface area is 86.1 Å². The number of carboxylic acids is 1. The van der Waals surface area contributed by atoms with E-state index in [1.165, 1.54) is 12.1 Å². The van der Waals surface area contributed by atoms with Crippen LogP contribution in [0.25, 0.3) is 0 Å². The zero-order chi connectivity index (χ0) is 11.4. The first-order valence-electron chi connectivity index (χ1n) is 4.45. The van der Waals surface area contributed by atoms with Gasteiger partial charge in [-0.3, -0.25) is 4.79 Å². The Balaban J connectivity index is 2.92. The zero-order valence-electron chi connectivity index (χ0n) is 7.98. The molecule has 1 unspecified atom stereocenters. The molecule has 1 rings (SSSR count). The van der Waals surface area contributed by atoms with Crippen molar-refractivity contribution in [3.8, 4) is 5.75 Å². The van der Waals surface area contributed by atoms with Gasteiger partial charge in [0.25, 0.3) is 0 Å². The third kappa shape index (κ3) is 2.92. The van der Waals surface area contributed by atoms with E-state index >= 15 is 0 Å². The molecule has 0 aromatic heterocycles. The molecule has 1 aromatic rings. The zero-order valence-corrected chi connectivity index (χ0v) is 7.98. The molecule has 0 saturated heterocycles. The average molecular weight is 213 g/mol. The van der Waals surface area contributed by atoms with Gasteiger partial charge < -0.3 is 15.9 Å². The highest BCUT2D eigenvalue weighted by molar-refractivity contribution is 5.68. The summed E-state index contributed by atoms with van der Waals surface area (Å²) in [4.78, 5) is 10.5. The third-order valence-electron chi connectivity index (χ3n) is 2.15.